The SMILES string of the molecule is COC(=O)c1cccc(NC(=O)CCNS(=O)(=O)C=Cc2ccccc2)c1. The minimum Gasteiger partial charge on any atom is -0.465 e. The Labute approximate surface area is 158 Å². The first kappa shape index (κ1) is 20.3. The van der Waals surface area contributed by atoms with Crippen molar-refractivity contribution in [2.75, 3.05) is 19.0 Å². The molecule has 0 fully saturated rings. The van der Waals surface area contributed by atoms with Gasteiger partial charge in [-0.3, -0.25) is 4.79 Å². The highest BCUT2D eigenvalue weighted by molar-refractivity contribution is 7.92. The first-order chi connectivity index (χ1) is 12.9. The van der Waals surface area contributed by atoms with Crippen LogP contribution in [0.1, 0.15) is 22.3 Å². The number of amides is 1. The van der Waals surface area contributed by atoms with Crippen LogP contribution in [0.15, 0.2) is 60.0 Å². The maximum Gasteiger partial charge on any atom is 0.337 e. The van der Waals surface area contributed by atoms with Crippen LogP contribution in [0, 0.1) is 0 Å². The van der Waals surface area contributed by atoms with Crippen LogP contribution in [0.3, 0.4) is 0 Å². The van der Waals surface area contributed by atoms with Crippen LogP contribution in [0.2, 0.25) is 0 Å². The molecule has 1 amide bonds. The van der Waals surface area contributed by atoms with Crippen LogP contribution in [-0.4, -0.2) is 33.9 Å². The molecule has 0 aromatic heterocycles. The molecule has 0 atom stereocenters. The van der Waals surface area contributed by atoms with Crippen molar-refractivity contribution < 1.29 is 22.7 Å². The quantitative estimate of drug-likeness (QED) is 0.676. The monoisotopic (exact) mass is 388 g/mol. The Balaban J connectivity index is 1.83. The largest absolute Gasteiger partial charge is 0.465 e. The number of methoxy groups -OCH3 is 1. The van der Waals surface area contributed by atoms with E-state index in [9.17, 15) is 18.0 Å². The highest BCUT2D eigenvalue weighted by Gasteiger charge is 2.09. The number of anilines is 1. The van der Waals surface area contributed by atoms with Crippen molar-refractivity contribution in [3.63, 3.8) is 0 Å². The van der Waals surface area contributed by atoms with Gasteiger partial charge in [-0.1, -0.05) is 36.4 Å². The Morgan fingerprint density at radius 2 is 1.81 bits per heavy atom. The van der Waals surface area contributed by atoms with Gasteiger partial charge in [0.2, 0.25) is 15.9 Å². The summed E-state index contributed by atoms with van der Waals surface area (Å²) in [6, 6.07) is 15.3. The average molecular weight is 388 g/mol. The van der Waals surface area contributed by atoms with Crippen molar-refractivity contribution in [3.05, 3.63) is 71.1 Å². The number of carbonyl (C=O) groups is 2. The fourth-order valence-electron chi connectivity index (χ4n) is 2.15. The molecule has 0 spiro atoms. The first-order valence-corrected chi connectivity index (χ1v) is 9.65. The molecule has 0 aliphatic heterocycles. The van der Waals surface area contributed by atoms with Crippen LogP contribution < -0.4 is 10.0 Å². The molecule has 7 nitrogen and oxygen atoms in total. The minimum absolute atomic E-state index is 0.0516. The summed E-state index contributed by atoms with van der Waals surface area (Å²) in [4.78, 5) is 23.4. The zero-order chi connectivity index (χ0) is 19.7. The highest BCUT2D eigenvalue weighted by Crippen LogP contribution is 2.12. The van der Waals surface area contributed by atoms with Crippen molar-refractivity contribution in [2.24, 2.45) is 0 Å². The number of benzene rings is 2. The molecule has 142 valence electrons. The maximum atomic E-state index is 11.9. The van der Waals surface area contributed by atoms with Crippen molar-refractivity contribution in [1.29, 1.82) is 0 Å². The Bertz CT molecular complexity index is 924. The highest BCUT2D eigenvalue weighted by atomic mass is 32.2. The number of nitrogens with one attached hydrogen (secondary N) is 2. The predicted molar refractivity (Wildman–Crippen MR) is 103 cm³/mol. The third-order valence-corrected chi connectivity index (χ3v) is 4.56. The lowest BCUT2D eigenvalue weighted by atomic mass is 10.2. The van der Waals surface area contributed by atoms with E-state index in [1.54, 1.807) is 42.5 Å². The zero-order valence-electron chi connectivity index (χ0n) is 14.7. The molecular formula is C19H20N2O5S. The fraction of sp³-hybridized carbons (Fsp3) is 0.158. The van der Waals surface area contributed by atoms with E-state index in [0.29, 0.717) is 11.3 Å². The summed E-state index contributed by atoms with van der Waals surface area (Å²) in [6.07, 6.45) is 1.42. The van der Waals surface area contributed by atoms with Crippen LogP contribution in [0.25, 0.3) is 6.08 Å². The second-order valence-corrected chi connectivity index (χ2v) is 7.17. The molecule has 0 bridgehead atoms. The van der Waals surface area contributed by atoms with E-state index in [-0.39, 0.29) is 18.9 Å². The van der Waals surface area contributed by atoms with E-state index in [1.165, 1.54) is 19.3 Å². The normalized spacial score (nSPS) is 11.3. The summed E-state index contributed by atoms with van der Waals surface area (Å²) in [5.41, 5.74) is 1.49. The number of rotatable bonds is 8. The van der Waals surface area contributed by atoms with Crippen molar-refractivity contribution >= 4 is 33.7 Å². The smallest absolute Gasteiger partial charge is 0.337 e. The van der Waals surface area contributed by atoms with Crippen LogP contribution in [0.5, 0.6) is 0 Å². The summed E-state index contributed by atoms with van der Waals surface area (Å²) in [7, 11) is -2.37. The molecule has 2 N–H and O–H groups in total. The summed E-state index contributed by atoms with van der Waals surface area (Å²) in [5, 5.41) is 3.66. The van der Waals surface area contributed by atoms with Gasteiger partial charge in [0.25, 0.3) is 0 Å². The third kappa shape index (κ3) is 7.04. The second kappa shape index (κ2) is 9.65. The van der Waals surface area contributed by atoms with Crippen molar-refractivity contribution in [1.82, 2.24) is 4.72 Å². The molecule has 8 heteroatoms. The standard InChI is InChI=1S/C19H20N2O5S/c1-26-19(23)16-8-5-9-17(14-16)21-18(22)10-12-20-27(24,25)13-11-15-6-3-2-4-7-15/h2-9,11,13-14,20H,10,12H2,1H3,(H,21,22). The lowest BCUT2D eigenvalue weighted by molar-refractivity contribution is -0.116. The van der Waals surface area contributed by atoms with E-state index in [0.717, 1.165) is 11.0 Å². The van der Waals surface area contributed by atoms with Crippen molar-refractivity contribution in [2.45, 2.75) is 6.42 Å². The van der Waals surface area contributed by atoms with Crippen LogP contribution in [-0.2, 0) is 19.6 Å². The molecule has 0 saturated carbocycles. The number of hydrogen-bond acceptors (Lipinski definition) is 5. The zero-order valence-corrected chi connectivity index (χ0v) is 15.5. The van der Waals surface area contributed by atoms with E-state index >= 15 is 0 Å². The molecule has 0 aliphatic rings. The third-order valence-electron chi connectivity index (χ3n) is 3.46. The van der Waals surface area contributed by atoms with Crippen LogP contribution in [0.4, 0.5) is 5.69 Å². The fourth-order valence-corrected chi connectivity index (χ4v) is 2.97. The summed E-state index contributed by atoms with van der Waals surface area (Å²) >= 11 is 0. The van der Waals surface area contributed by atoms with E-state index < -0.39 is 16.0 Å². The number of hydrogen-bond donors (Lipinski definition) is 2. The first-order valence-electron chi connectivity index (χ1n) is 8.10. The van der Waals surface area contributed by atoms with Gasteiger partial charge in [0.15, 0.2) is 0 Å². The van der Waals surface area contributed by atoms with Crippen LogP contribution >= 0.6 is 0 Å². The molecular weight excluding hydrogens is 368 g/mol. The van der Waals surface area contributed by atoms with Gasteiger partial charge in [-0.2, -0.15) is 0 Å². The Hall–Kier alpha value is -2.97. The average Bonchev–Trinajstić information content (AvgIpc) is 2.66. The topological polar surface area (TPSA) is 102 Å². The van der Waals surface area contributed by atoms with Crippen molar-refractivity contribution in [3.8, 4) is 0 Å². The Kier molecular flexibility index (Phi) is 7.27. The summed E-state index contributed by atoms with van der Waals surface area (Å²) in [6.45, 7) is -0.0516. The van der Waals surface area contributed by atoms with Gasteiger partial charge in [-0.25, -0.2) is 17.9 Å². The summed E-state index contributed by atoms with van der Waals surface area (Å²) < 4.78 is 30.8. The number of carbonyl (C=O) groups excluding carboxylic acids is 2. The van der Waals surface area contributed by atoms with E-state index in [1.807, 2.05) is 6.07 Å². The van der Waals surface area contributed by atoms with E-state index in [4.69, 9.17) is 0 Å². The van der Waals surface area contributed by atoms with E-state index in [2.05, 4.69) is 14.8 Å². The molecule has 2 rings (SSSR count). The molecule has 2 aromatic carbocycles. The molecule has 2 aromatic rings. The number of esters is 1. The molecule has 0 radical (unpaired) electrons. The summed E-state index contributed by atoms with van der Waals surface area (Å²) in [5.74, 6) is -0.893. The minimum atomic E-state index is -3.64. The number of sulfonamides is 1. The van der Waals surface area contributed by atoms with Gasteiger partial charge < -0.3 is 10.1 Å². The lowest BCUT2D eigenvalue weighted by Crippen LogP contribution is -2.26. The molecule has 0 heterocycles. The second-order valence-electron chi connectivity index (χ2n) is 5.52. The maximum absolute atomic E-state index is 11.9. The van der Waals surface area contributed by atoms with Gasteiger partial charge >= 0.3 is 5.97 Å². The lowest BCUT2D eigenvalue weighted by Gasteiger charge is -2.07. The number of ether oxygens (including phenoxy) is 1. The molecule has 0 aliphatic carbocycles. The Morgan fingerprint density at radius 1 is 1.07 bits per heavy atom. The van der Waals surface area contributed by atoms with Gasteiger partial charge in [0.1, 0.15) is 0 Å². The molecule has 27 heavy (non-hydrogen) atoms. The Morgan fingerprint density at radius 3 is 2.52 bits per heavy atom. The van der Waals surface area contributed by atoms with Gasteiger partial charge in [0, 0.05) is 24.1 Å². The van der Waals surface area contributed by atoms with Gasteiger partial charge in [-0.15, -0.1) is 0 Å². The predicted octanol–water partition coefficient (Wildman–Crippen LogP) is 2.39. The van der Waals surface area contributed by atoms with Gasteiger partial charge in [0.05, 0.1) is 12.7 Å². The molecule has 0 unspecified atom stereocenters. The molecule has 0 saturated heterocycles. The van der Waals surface area contributed by atoms with Gasteiger partial charge in [-0.05, 0) is 29.8 Å².